The highest BCUT2D eigenvalue weighted by Gasteiger charge is 1.91. The van der Waals surface area contributed by atoms with Crippen molar-refractivity contribution in [1.82, 2.24) is 9.78 Å². The van der Waals surface area contributed by atoms with Gasteiger partial charge in [0.15, 0.2) is 0 Å². The molecule has 1 aromatic heterocycles. The maximum atomic E-state index is 5.46. The maximum absolute atomic E-state index is 5.46. The van der Waals surface area contributed by atoms with Crippen molar-refractivity contribution in [3.8, 4) is 12.3 Å². The highest BCUT2D eigenvalue weighted by molar-refractivity contribution is 5.30. The number of nitrogens with two attached hydrogens (primary N) is 1. The summed E-state index contributed by atoms with van der Waals surface area (Å²) < 4.78 is 1.80. The second-order valence-electron chi connectivity index (χ2n) is 2.34. The molecule has 0 saturated carbocycles. The Labute approximate surface area is 66.2 Å². The van der Waals surface area contributed by atoms with Crippen LogP contribution in [0.5, 0.6) is 0 Å². The van der Waals surface area contributed by atoms with Crippen LogP contribution >= 0.6 is 0 Å². The molecule has 0 aromatic carbocycles. The van der Waals surface area contributed by atoms with Crippen LogP contribution in [0, 0.1) is 12.3 Å². The highest BCUT2D eigenvalue weighted by Crippen LogP contribution is 1.99. The van der Waals surface area contributed by atoms with Gasteiger partial charge in [0.2, 0.25) is 0 Å². The van der Waals surface area contributed by atoms with Crippen LogP contribution in [0.2, 0.25) is 0 Å². The number of aryl methyl sites for hydroxylation is 1. The van der Waals surface area contributed by atoms with Gasteiger partial charge in [-0.15, -0.1) is 12.3 Å². The molecule has 0 radical (unpaired) electrons. The first-order valence-electron chi connectivity index (χ1n) is 3.54. The van der Waals surface area contributed by atoms with E-state index in [1.165, 1.54) is 0 Å². The van der Waals surface area contributed by atoms with Gasteiger partial charge in [-0.2, -0.15) is 5.10 Å². The molecule has 0 unspecified atom stereocenters. The topological polar surface area (TPSA) is 43.8 Å². The highest BCUT2D eigenvalue weighted by atomic mass is 15.3. The van der Waals surface area contributed by atoms with E-state index in [4.69, 9.17) is 12.2 Å². The molecule has 11 heavy (non-hydrogen) atoms. The average molecular weight is 149 g/mol. The quantitative estimate of drug-likeness (QED) is 0.512. The van der Waals surface area contributed by atoms with Crippen LogP contribution in [0.1, 0.15) is 12.8 Å². The third-order valence-corrected chi connectivity index (χ3v) is 1.36. The lowest BCUT2D eigenvalue weighted by atomic mass is 10.3. The number of rotatable bonds is 3. The number of unbranched alkanes of at least 4 members (excludes halogenated alkanes) is 1. The predicted octanol–water partition coefficient (Wildman–Crippen LogP) is 0.879. The summed E-state index contributed by atoms with van der Waals surface area (Å²) in [6, 6.07) is 0. The Morgan fingerprint density at radius 2 is 2.55 bits per heavy atom. The fourth-order valence-corrected chi connectivity index (χ4v) is 0.845. The van der Waals surface area contributed by atoms with E-state index in [-0.39, 0.29) is 0 Å². The Hall–Kier alpha value is -1.43. The Balaban J connectivity index is 2.34. The fraction of sp³-hybridized carbons (Fsp3) is 0.375. The van der Waals surface area contributed by atoms with Gasteiger partial charge in [-0.1, -0.05) is 0 Å². The van der Waals surface area contributed by atoms with Crippen molar-refractivity contribution in [2.45, 2.75) is 19.4 Å². The SMILES string of the molecule is C#CCCCn1cc(N)cn1. The normalized spacial score (nSPS) is 9.36. The lowest BCUT2D eigenvalue weighted by Gasteiger charge is -1.95. The number of anilines is 1. The van der Waals surface area contributed by atoms with Crippen molar-refractivity contribution in [2.75, 3.05) is 5.73 Å². The molecule has 1 heterocycles. The zero-order chi connectivity index (χ0) is 8.10. The second-order valence-corrected chi connectivity index (χ2v) is 2.34. The molecule has 58 valence electrons. The molecule has 0 aliphatic rings. The van der Waals surface area contributed by atoms with Gasteiger partial charge in [0.25, 0.3) is 0 Å². The molecule has 0 atom stereocenters. The molecule has 0 fully saturated rings. The van der Waals surface area contributed by atoms with E-state index in [1.807, 2.05) is 0 Å². The van der Waals surface area contributed by atoms with Gasteiger partial charge in [-0.05, 0) is 6.42 Å². The van der Waals surface area contributed by atoms with Crippen molar-refractivity contribution in [3.05, 3.63) is 12.4 Å². The van der Waals surface area contributed by atoms with E-state index in [1.54, 1.807) is 17.1 Å². The zero-order valence-corrected chi connectivity index (χ0v) is 6.33. The molecule has 0 bridgehead atoms. The summed E-state index contributed by atoms with van der Waals surface area (Å²) in [7, 11) is 0. The molecular weight excluding hydrogens is 138 g/mol. The van der Waals surface area contributed by atoms with Gasteiger partial charge in [0, 0.05) is 19.2 Å². The molecule has 0 aliphatic heterocycles. The summed E-state index contributed by atoms with van der Waals surface area (Å²) in [4.78, 5) is 0. The van der Waals surface area contributed by atoms with Crippen molar-refractivity contribution in [1.29, 1.82) is 0 Å². The molecule has 0 aliphatic carbocycles. The van der Waals surface area contributed by atoms with E-state index in [0.717, 1.165) is 19.4 Å². The van der Waals surface area contributed by atoms with E-state index in [0.29, 0.717) is 5.69 Å². The number of terminal acetylenes is 1. The molecule has 1 aromatic rings. The molecule has 1 rings (SSSR count). The van der Waals surface area contributed by atoms with Gasteiger partial charge in [-0.3, -0.25) is 4.68 Å². The summed E-state index contributed by atoms with van der Waals surface area (Å²) in [5.41, 5.74) is 6.16. The molecule has 2 N–H and O–H groups in total. The lowest BCUT2D eigenvalue weighted by Crippen LogP contribution is -1.97. The van der Waals surface area contributed by atoms with E-state index < -0.39 is 0 Å². The molecule has 0 spiro atoms. The van der Waals surface area contributed by atoms with Crippen LogP contribution in [0.3, 0.4) is 0 Å². The molecule has 3 heteroatoms. The minimum atomic E-state index is 0.700. The van der Waals surface area contributed by atoms with E-state index >= 15 is 0 Å². The van der Waals surface area contributed by atoms with Gasteiger partial charge < -0.3 is 5.73 Å². The fourth-order valence-electron chi connectivity index (χ4n) is 0.845. The van der Waals surface area contributed by atoms with Crippen molar-refractivity contribution in [3.63, 3.8) is 0 Å². The molecule has 0 amide bonds. The Morgan fingerprint density at radius 1 is 1.73 bits per heavy atom. The number of aromatic nitrogens is 2. The first-order valence-corrected chi connectivity index (χ1v) is 3.54. The Morgan fingerprint density at radius 3 is 3.09 bits per heavy atom. The van der Waals surface area contributed by atoms with Crippen LogP contribution in [0.25, 0.3) is 0 Å². The van der Waals surface area contributed by atoms with Crippen LogP contribution in [0.4, 0.5) is 5.69 Å². The summed E-state index contributed by atoms with van der Waals surface area (Å²) in [6.07, 6.45) is 10.3. The van der Waals surface area contributed by atoms with Crippen LogP contribution in [-0.4, -0.2) is 9.78 Å². The third kappa shape index (κ3) is 2.34. The van der Waals surface area contributed by atoms with E-state index in [9.17, 15) is 0 Å². The zero-order valence-electron chi connectivity index (χ0n) is 6.33. The Kier molecular flexibility index (Phi) is 2.56. The maximum Gasteiger partial charge on any atom is 0.0719 e. The van der Waals surface area contributed by atoms with Crippen molar-refractivity contribution < 1.29 is 0 Å². The number of hydrogen-bond acceptors (Lipinski definition) is 2. The van der Waals surface area contributed by atoms with E-state index in [2.05, 4.69) is 11.0 Å². The average Bonchev–Trinajstić information content (AvgIpc) is 2.37. The van der Waals surface area contributed by atoms with Crippen LogP contribution < -0.4 is 5.73 Å². The molecular formula is C8H11N3. The molecule has 0 saturated heterocycles. The number of nitrogens with zero attached hydrogens (tertiary/aromatic N) is 2. The van der Waals surface area contributed by atoms with Crippen molar-refractivity contribution in [2.24, 2.45) is 0 Å². The predicted molar refractivity (Wildman–Crippen MR) is 44.7 cm³/mol. The first kappa shape index (κ1) is 7.67. The summed E-state index contributed by atoms with van der Waals surface area (Å²) in [5.74, 6) is 2.57. The lowest BCUT2D eigenvalue weighted by molar-refractivity contribution is 0.587. The monoisotopic (exact) mass is 149 g/mol. The summed E-state index contributed by atoms with van der Waals surface area (Å²) >= 11 is 0. The Bertz CT molecular complexity index is 257. The smallest absolute Gasteiger partial charge is 0.0719 e. The summed E-state index contributed by atoms with van der Waals surface area (Å²) in [5, 5.41) is 4.01. The van der Waals surface area contributed by atoms with Gasteiger partial charge in [0.05, 0.1) is 11.9 Å². The van der Waals surface area contributed by atoms with Gasteiger partial charge in [-0.25, -0.2) is 0 Å². The first-order chi connectivity index (χ1) is 5.33. The van der Waals surface area contributed by atoms with Gasteiger partial charge >= 0.3 is 0 Å². The number of nitrogen functional groups attached to an aromatic ring is 1. The van der Waals surface area contributed by atoms with Gasteiger partial charge in [0.1, 0.15) is 0 Å². The minimum absolute atomic E-state index is 0.700. The number of hydrogen-bond donors (Lipinski definition) is 1. The summed E-state index contributed by atoms with van der Waals surface area (Å²) in [6.45, 7) is 0.849. The largest absolute Gasteiger partial charge is 0.396 e. The third-order valence-electron chi connectivity index (χ3n) is 1.36. The minimum Gasteiger partial charge on any atom is -0.396 e. The molecule has 3 nitrogen and oxygen atoms in total. The second kappa shape index (κ2) is 3.67. The standard InChI is InChI=1S/C8H11N3/c1-2-3-4-5-11-7-8(9)6-10-11/h1,6-7H,3-5,9H2. The van der Waals surface area contributed by atoms with Crippen LogP contribution in [0.15, 0.2) is 12.4 Å². The van der Waals surface area contributed by atoms with Crippen LogP contribution in [-0.2, 0) is 6.54 Å². The van der Waals surface area contributed by atoms with Crippen molar-refractivity contribution >= 4 is 5.69 Å².